The number of carbonyl (C=O) groups is 1. The fourth-order valence-electron chi connectivity index (χ4n) is 5.16. The molecule has 1 amide bonds. The van der Waals surface area contributed by atoms with E-state index >= 15 is 0 Å². The van der Waals surface area contributed by atoms with Gasteiger partial charge in [-0.3, -0.25) is 9.69 Å². The molecule has 37 heavy (non-hydrogen) atoms. The molecule has 0 aliphatic carbocycles. The van der Waals surface area contributed by atoms with Crippen molar-refractivity contribution in [2.45, 2.75) is 19.8 Å². The second kappa shape index (κ2) is 11.3. The van der Waals surface area contributed by atoms with Crippen LogP contribution in [-0.2, 0) is 4.74 Å². The maximum absolute atomic E-state index is 13.0. The summed E-state index contributed by atoms with van der Waals surface area (Å²) < 4.78 is 7.17. The lowest BCUT2D eigenvalue weighted by Gasteiger charge is -2.37. The molecule has 3 aromatic rings. The molecule has 1 aromatic heterocycles. The third kappa shape index (κ3) is 5.80. The first-order chi connectivity index (χ1) is 18.0. The van der Waals surface area contributed by atoms with E-state index in [0.717, 1.165) is 75.8 Å². The largest absolute Gasteiger partial charge is 0.379 e. The van der Waals surface area contributed by atoms with E-state index in [1.807, 2.05) is 31.2 Å². The van der Waals surface area contributed by atoms with Crippen molar-refractivity contribution in [3.05, 3.63) is 70.5 Å². The van der Waals surface area contributed by atoms with Gasteiger partial charge in [-0.2, -0.15) is 10.4 Å². The number of carbonyl (C=O) groups excluding carboxylic acids is 1. The van der Waals surface area contributed by atoms with E-state index < -0.39 is 0 Å². The van der Waals surface area contributed by atoms with Crippen molar-refractivity contribution in [1.29, 1.82) is 5.26 Å². The first-order valence-corrected chi connectivity index (χ1v) is 13.1. The Bertz CT molecular complexity index is 1280. The molecular weight excluding hydrogens is 488 g/mol. The zero-order chi connectivity index (χ0) is 25.8. The summed E-state index contributed by atoms with van der Waals surface area (Å²) in [7, 11) is 0. The molecule has 0 radical (unpaired) electrons. The molecule has 3 heterocycles. The summed E-state index contributed by atoms with van der Waals surface area (Å²) in [4.78, 5) is 17.8. The molecule has 2 aromatic carbocycles. The van der Waals surface area contributed by atoms with Crippen molar-refractivity contribution in [2.75, 3.05) is 56.2 Å². The number of halogens is 1. The van der Waals surface area contributed by atoms with E-state index in [-0.39, 0.29) is 5.91 Å². The van der Waals surface area contributed by atoms with Gasteiger partial charge in [-0.15, -0.1) is 0 Å². The van der Waals surface area contributed by atoms with Gasteiger partial charge in [0.15, 0.2) is 0 Å². The molecule has 0 atom stereocenters. The number of piperidine rings is 1. The number of ether oxygens (including phenoxy) is 1. The first kappa shape index (κ1) is 25.3. The second-order valence-electron chi connectivity index (χ2n) is 9.67. The number of morpholine rings is 1. The van der Waals surface area contributed by atoms with E-state index in [0.29, 0.717) is 27.8 Å². The number of nitriles is 1. The van der Waals surface area contributed by atoms with Gasteiger partial charge in [0.1, 0.15) is 6.07 Å². The van der Waals surface area contributed by atoms with Crippen LogP contribution in [0.4, 0.5) is 11.4 Å². The smallest absolute Gasteiger partial charge is 0.259 e. The summed E-state index contributed by atoms with van der Waals surface area (Å²) >= 11 is 5.99. The third-order valence-corrected chi connectivity index (χ3v) is 7.53. The van der Waals surface area contributed by atoms with Gasteiger partial charge in [-0.1, -0.05) is 11.6 Å². The van der Waals surface area contributed by atoms with Gasteiger partial charge in [-0.25, -0.2) is 4.68 Å². The molecule has 0 saturated carbocycles. The number of hydrogen-bond acceptors (Lipinski definition) is 6. The summed E-state index contributed by atoms with van der Waals surface area (Å²) in [5, 5.41) is 17.8. The lowest BCUT2D eigenvalue weighted by molar-refractivity contribution is 0.0289. The number of aromatic nitrogens is 2. The Morgan fingerprint density at radius 1 is 1.14 bits per heavy atom. The second-order valence-corrected chi connectivity index (χ2v) is 10.1. The van der Waals surface area contributed by atoms with Crippen molar-refractivity contribution in [1.82, 2.24) is 14.7 Å². The van der Waals surface area contributed by atoms with Crippen LogP contribution in [0.3, 0.4) is 0 Å². The Morgan fingerprint density at radius 2 is 1.86 bits per heavy atom. The fourth-order valence-corrected chi connectivity index (χ4v) is 5.28. The number of rotatable bonds is 6. The van der Waals surface area contributed by atoms with Gasteiger partial charge in [-0.05, 0) is 68.1 Å². The quantitative estimate of drug-likeness (QED) is 0.517. The zero-order valence-corrected chi connectivity index (χ0v) is 21.7. The SMILES string of the molecule is Cc1c(C(=O)Nc2ccc(N3CCC(CN4CCOCC4)CC3)c(C#N)c2)cnn1-c1ccc(Cl)cc1. The van der Waals surface area contributed by atoms with Crippen LogP contribution >= 0.6 is 11.6 Å². The minimum atomic E-state index is -0.265. The van der Waals surface area contributed by atoms with Crippen LogP contribution in [0.25, 0.3) is 5.69 Å². The monoisotopic (exact) mass is 518 g/mol. The Hall–Kier alpha value is -3.38. The van der Waals surface area contributed by atoms with Crippen LogP contribution in [0.1, 0.15) is 34.5 Å². The predicted molar refractivity (Wildman–Crippen MR) is 145 cm³/mol. The van der Waals surface area contributed by atoms with Crippen molar-refractivity contribution >= 4 is 28.9 Å². The predicted octanol–water partition coefficient (Wildman–Crippen LogP) is 4.51. The molecule has 1 N–H and O–H groups in total. The Balaban J connectivity index is 1.23. The lowest BCUT2D eigenvalue weighted by atomic mass is 9.95. The number of nitrogens with zero attached hydrogens (tertiary/aromatic N) is 5. The van der Waals surface area contributed by atoms with Crippen molar-refractivity contribution in [3.63, 3.8) is 0 Å². The Kier molecular flexibility index (Phi) is 7.75. The lowest BCUT2D eigenvalue weighted by Crippen LogP contribution is -2.43. The maximum atomic E-state index is 13.0. The molecule has 2 saturated heterocycles. The summed E-state index contributed by atoms with van der Waals surface area (Å²) in [5.74, 6) is 0.411. The average molecular weight is 519 g/mol. The Morgan fingerprint density at radius 3 is 2.57 bits per heavy atom. The highest BCUT2D eigenvalue weighted by atomic mass is 35.5. The maximum Gasteiger partial charge on any atom is 0.259 e. The number of benzene rings is 2. The molecule has 0 spiro atoms. The van der Waals surface area contributed by atoms with E-state index in [1.165, 1.54) is 0 Å². The summed E-state index contributed by atoms with van der Waals surface area (Å²) in [6, 6.07) is 15.2. The molecule has 9 heteroatoms. The number of nitrogens with one attached hydrogen (secondary N) is 1. The summed E-state index contributed by atoms with van der Waals surface area (Å²) in [5.41, 5.74) is 4.10. The van der Waals surface area contributed by atoms with Gasteiger partial charge in [0, 0.05) is 43.4 Å². The topological polar surface area (TPSA) is 86.4 Å². The van der Waals surface area contributed by atoms with Gasteiger partial charge in [0.25, 0.3) is 5.91 Å². The number of anilines is 2. The average Bonchev–Trinajstić information content (AvgIpc) is 3.31. The van der Waals surface area contributed by atoms with Crippen LogP contribution in [0.2, 0.25) is 5.02 Å². The van der Waals surface area contributed by atoms with Gasteiger partial charge in [0.2, 0.25) is 0 Å². The van der Waals surface area contributed by atoms with Crippen LogP contribution in [0.5, 0.6) is 0 Å². The highest BCUT2D eigenvalue weighted by molar-refractivity contribution is 6.30. The third-order valence-electron chi connectivity index (χ3n) is 7.28. The molecular formula is C28H31ClN6O2. The normalized spacial score (nSPS) is 16.9. The molecule has 0 bridgehead atoms. The number of amides is 1. The van der Waals surface area contributed by atoms with Crippen LogP contribution < -0.4 is 10.2 Å². The highest BCUT2D eigenvalue weighted by Crippen LogP contribution is 2.29. The number of hydrogen-bond donors (Lipinski definition) is 1. The van der Waals surface area contributed by atoms with Crippen LogP contribution in [0, 0.1) is 24.2 Å². The first-order valence-electron chi connectivity index (χ1n) is 12.7. The van der Waals surface area contributed by atoms with Crippen molar-refractivity contribution in [2.24, 2.45) is 5.92 Å². The van der Waals surface area contributed by atoms with E-state index in [9.17, 15) is 10.1 Å². The molecule has 5 rings (SSSR count). The van der Waals surface area contributed by atoms with Crippen molar-refractivity contribution < 1.29 is 9.53 Å². The zero-order valence-electron chi connectivity index (χ0n) is 21.0. The minimum absolute atomic E-state index is 0.265. The molecule has 2 fully saturated rings. The van der Waals surface area contributed by atoms with Crippen molar-refractivity contribution in [3.8, 4) is 11.8 Å². The molecule has 2 aliphatic rings. The molecule has 192 valence electrons. The molecule has 0 unspecified atom stereocenters. The van der Waals surface area contributed by atoms with Gasteiger partial charge >= 0.3 is 0 Å². The van der Waals surface area contributed by atoms with Crippen LogP contribution in [0.15, 0.2) is 48.7 Å². The van der Waals surface area contributed by atoms with E-state index in [4.69, 9.17) is 16.3 Å². The van der Waals surface area contributed by atoms with Crippen LogP contribution in [-0.4, -0.2) is 66.5 Å². The molecule has 8 nitrogen and oxygen atoms in total. The standard InChI is InChI=1S/C28H31ClN6O2/c1-20-26(18-31-35(20)25-5-2-23(29)3-6-25)28(36)32-24-4-7-27(22(16-24)17-30)34-10-8-21(9-11-34)19-33-12-14-37-15-13-33/h2-7,16,18,21H,8-15,19H2,1H3,(H,32,36). The van der Waals surface area contributed by atoms with Gasteiger partial charge < -0.3 is 15.0 Å². The molecule has 2 aliphatic heterocycles. The summed E-state index contributed by atoms with van der Waals surface area (Å²) in [6.45, 7) is 8.54. The Labute approximate surface area is 222 Å². The van der Waals surface area contributed by atoms with E-state index in [1.54, 1.807) is 29.1 Å². The summed E-state index contributed by atoms with van der Waals surface area (Å²) in [6.07, 6.45) is 3.77. The van der Waals surface area contributed by atoms with E-state index in [2.05, 4.69) is 26.3 Å². The highest BCUT2D eigenvalue weighted by Gasteiger charge is 2.24. The van der Waals surface area contributed by atoms with Gasteiger partial charge in [0.05, 0.1) is 47.6 Å². The fraction of sp³-hybridized carbons (Fsp3) is 0.393. The minimum Gasteiger partial charge on any atom is -0.379 e.